The first kappa shape index (κ1) is 19.2. The van der Waals surface area contributed by atoms with Gasteiger partial charge in [0.05, 0.1) is 29.4 Å². The molecule has 144 valence electrons. The van der Waals surface area contributed by atoms with Crippen molar-refractivity contribution in [3.63, 3.8) is 0 Å². The molecule has 0 spiro atoms. The first-order valence-electron chi connectivity index (χ1n) is 7.98. The van der Waals surface area contributed by atoms with Crippen LogP contribution in [0.15, 0.2) is 53.4 Å². The summed E-state index contributed by atoms with van der Waals surface area (Å²) < 4.78 is 57.4. The lowest BCUT2D eigenvalue weighted by Crippen LogP contribution is -2.30. The highest BCUT2D eigenvalue weighted by atomic mass is 32.2. The van der Waals surface area contributed by atoms with E-state index in [2.05, 4.69) is 4.72 Å². The van der Waals surface area contributed by atoms with Crippen LogP contribution in [0.4, 0.5) is 11.4 Å². The van der Waals surface area contributed by atoms with Gasteiger partial charge in [-0.05, 0) is 48.5 Å². The molecule has 1 saturated heterocycles. The Morgan fingerprint density at radius 2 is 1.67 bits per heavy atom. The van der Waals surface area contributed by atoms with E-state index in [1.807, 2.05) is 0 Å². The van der Waals surface area contributed by atoms with Crippen LogP contribution in [-0.2, 0) is 24.8 Å². The van der Waals surface area contributed by atoms with Crippen LogP contribution in [0, 0.1) is 5.92 Å². The van der Waals surface area contributed by atoms with Gasteiger partial charge in [0.1, 0.15) is 5.75 Å². The highest BCUT2D eigenvalue weighted by Crippen LogP contribution is 2.29. The van der Waals surface area contributed by atoms with Gasteiger partial charge in [-0.2, -0.15) is 0 Å². The molecule has 1 atom stereocenters. The summed E-state index contributed by atoms with van der Waals surface area (Å²) >= 11 is 0. The number of anilines is 2. The van der Waals surface area contributed by atoms with Crippen molar-refractivity contribution in [1.29, 1.82) is 0 Å². The van der Waals surface area contributed by atoms with E-state index in [4.69, 9.17) is 4.74 Å². The van der Waals surface area contributed by atoms with Gasteiger partial charge in [0.15, 0.2) is 0 Å². The van der Waals surface area contributed by atoms with E-state index in [1.165, 1.54) is 38.3 Å². The summed E-state index contributed by atoms with van der Waals surface area (Å²) in [7, 11) is -6.10. The maximum Gasteiger partial charge on any atom is 0.261 e. The molecule has 1 aliphatic heterocycles. The smallest absolute Gasteiger partial charge is 0.261 e. The van der Waals surface area contributed by atoms with E-state index in [0.29, 0.717) is 11.4 Å². The summed E-state index contributed by atoms with van der Waals surface area (Å²) in [5.41, 5.74) is 0.471. The van der Waals surface area contributed by atoms with Crippen LogP contribution < -0.4 is 13.8 Å². The second-order valence-corrected chi connectivity index (χ2v) is 9.65. The lowest BCUT2D eigenvalue weighted by atomic mass is 10.2. The van der Waals surface area contributed by atoms with Gasteiger partial charge in [0.25, 0.3) is 10.0 Å². The fraction of sp³-hybridized carbons (Fsp3) is 0.235. The zero-order chi connectivity index (χ0) is 19.8. The van der Waals surface area contributed by atoms with Gasteiger partial charge < -0.3 is 4.74 Å². The second kappa shape index (κ2) is 6.86. The predicted molar refractivity (Wildman–Crippen MR) is 101 cm³/mol. The molecule has 1 amide bonds. The molecule has 27 heavy (non-hydrogen) atoms. The molecule has 1 fully saturated rings. The predicted octanol–water partition coefficient (Wildman–Crippen LogP) is 1.81. The molecule has 0 aliphatic carbocycles. The Hall–Kier alpha value is -2.59. The Morgan fingerprint density at radius 1 is 1.07 bits per heavy atom. The zero-order valence-corrected chi connectivity index (χ0v) is 16.2. The van der Waals surface area contributed by atoms with Crippen LogP contribution in [-0.4, -0.2) is 35.6 Å². The molecule has 0 bridgehead atoms. The summed E-state index contributed by atoms with van der Waals surface area (Å²) in [5.74, 6) is -0.824. The van der Waals surface area contributed by atoms with Crippen molar-refractivity contribution in [2.75, 3.05) is 21.9 Å². The molecule has 8 nitrogen and oxygen atoms in total. The first-order chi connectivity index (χ1) is 12.6. The third-order valence-electron chi connectivity index (χ3n) is 4.08. The van der Waals surface area contributed by atoms with E-state index in [-0.39, 0.29) is 16.3 Å². The number of hydrogen-bond acceptors (Lipinski definition) is 6. The molecule has 2 aromatic carbocycles. The number of methoxy groups -OCH3 is 1. The SMILES string of the molecule is COc1ccc(NS(=O)(=O)c2ccc(N3C(=O)C(C)CS3(=O)=O)cc2)cc1. The largest absolute Gasteiger partial charge is 0.497 e. The van der Waals surface area contributed by atoms with Crippen LogP contribution in [0.25, 0.3) is 0 Å². The van der Waals surface area contributed by atoms with Gasteiger partial charge in [0.2, 0.25) is 15.9 Å². The number of carbonyl (C=O) groups is 1. The maximum absolute atomic E-state index is 12.5. The van der Waals surface area contributed by atoms with Crippen molar-refractivity contribution in [3.8, 4) is 5.75 Å². The maximum atomic E-state index is 12.5. The van der Waals surface area contributed by atoms with Crippen molar-refractivity contribution >= 4 is 37.3 Å². The van der Waals surface area contributed by atoms with Crippen molar-refractivity contribution in [1.82, 2.24) is 0 Å². The summed E-state index contributed by atoms with van der Waals surface area (Å²) in [6.45, 7) is 1.54. The average molecular weight is 410 g/mol. The van der Waals surface area contributed by atoms with E-state index >= 15 is 0 Å². The molecule has 1 unspecified atom stereocenters. The third kappa shape index (κ3) is 3.76. The molecular weight excluding hydrogens is 392 g/mol. The van der Waals surface area contributed by atoms with Gasteiger partial charge in [-0.1, -0.05) is 6.92 Å². The molecule has 1 N–H and O–H groups in total. The molecule has 3 rings (SSSR count). The number of ether oxygens (including phenoxy) is 1. The minimum Gasteiger partial charge on any atom is -0.497 e. The van der Waals surface area contributed by atoms with Gasteiger partial charge in [-0.3, -0.25) is 9.52 Å². The van der Waals surface area contributed by atoms with Crippen LogP contribution >= 0.6 is 0 Å². The van der Waals surface area contributed by atoms with Crippen LogP contribution in [0.1, 0.15) is 6.92 Å². The standard InChI is InChI=1S/C17H18N2O6S2/c1-12-11-26(21,22)19(17(12)20)14-5-9-16(10-6-14)27(23,24)18-13-3-7-15(25-2)8-4-13/h3-10,12,18H,11H2,1-2H3. The summed E-state index contributed by atoms with van der Waals surface area (Å²) in [4.78, 5) is 12.0. The Balaban J connectivity index is 1.84. The lowest BCUT2D eigenvalue weighted by molar-refractivity contribution is -0.119. The van der Waals surface area contributed by atoms with Crippen molar-refractivity contribution in [2.45, 2.75) is 11.8 Å². The molecule has 1 heterocycles. The minimum atomic E-state index is -3.87. The van der Waals surface area contributed by atoms with Gasteiger partial charge in [-0.25, -0.2) is 21.1 Å². The zero-order valence-electron chi connectivity index (χ0n) is 14.6. The fourth-order valence-electron chi connectivity index (χ4n) is 2.72. The number of nitrogens with one attached hydrogen (secondary N) is 1. The summed E-state index contributed by atoms with van der Waals surface area (Å²) in [6.07, 6.45) is 0. The number of amides is 1. The quantitative estimate of drug-likeness (QED) is 0.805. The second-order valence-electron chi connectivity index (χ2n) is 6.11. The van der Waals surface area contributed by atoms with Gasteiger partial charge in [0, 0.05) is 5.69 Å². The summed E-state index contributed by atoms with van der Waals surface area (Å²) in [5, 5.41) is 0. The molecule has 10 heteroatoms. The number of benzene rings is 2. The Morgan fingerprint density at radius 3 is 2.15 bits per heavy atom. The lowest BCUT2D eigenvalue weighted by Gasteiger charge is -2.16. The van der Waals surface area contributed by atoms with Gasteiger partial charge in [-0.15, -0.1) is 0 Å². The number of sulfonamides is 2. The van der Waals surface area contributed by atoms with Crippen LogP contribution in [0.5, 0.6) is 5.75 Å². The number of rotatable bonds is 5. The minimum absolute atomic E-state index is 0.0563. The number of hydrogen-bond donors (Lipinski definition) is 1. The molecular formula is C17H18N2O6S2. The highest BCUT2D eigenvalue weighted by Gasteiger charge is 2.41. The summed E-state index contributed by atoms with van der Waals surface area (Å²) in [6, 6.07) is 11.5. The number of carbonyl (C=O) groups excluding carboxylic acids is 1. The molecule has 0 saturated carbocycles. The Bertz CT molecular complexity index is 1060. The van der Waals surface area contributed by atoms with Crippen LogP contribution in [0.3, 0.4) is 0 Å². The van der Waals surface area contributed by atoms with Gasteiger partial charge >= 0.3 is 0 Å². The number of nitrogens with zero attached hydrogens (tertiary/aromatic N) is 1. The van der Waals surface area contributed by atoms with E-state index in [1.54, 1.807) is 24.3 Å². The molecule has 0 radical (unpaired) electrons. The van der Waals surface area contributed by atoms with E-state index in [9.17, 15) is 21.6 Å². The molecule has 2 aromatic rings. The fourth-order valence-corrected chi connectivity index (χ4v) is 5.60. The van der Waals surface area contributed by atoms with E-state index < -0.39 is 31.9 Å². The molecule has 0 aromatic heterocycles. The normalized spacial score (nSPS) is 19.1. The Kier molecular flexibility index (Phi) is 4.87. The Labute approximate surface area is 157 Å². The topological polar surface area (TPSA) is 110 Å². The van der Waals surface area contributed by atoms with Crippen molar-refractivity contribution in [3.05, 3.63) is 48.5 Å². The average Bonchev–Trinajstić information content (AvgIpc) is 2.82. The molecule has 1 aliphatic rings. The van der Waals surface area contributed by atoms with Crippen molar-refractivity contribution < 1.29 is 26.4 Å². The van der Waals surface area contributed by atoms with Crippen LogP contribution in [0.2, 0.25) is 0 Å². The van der Waals surface area contributed by atoms with E-state index in [0.717, 1.165) is 4.31 Å². The first-order valence-corrected chi connectivity index (χ1v) is 11.1. The monoisotopic (exact) mass is 410 g/mol. The third-order valence-corrected chi connectivity index (χ3v) is 7.35. The van der Waals surface area contributed by atoms with Crippen molar-refractivity contribution in [2.24, 2.45) is 5.92 Å². The highest BCUT2D eigenvalue weighted by molar-refractivity contribution is 7.94.